The standard InChI is InChI=1S/C15H19FN2O3/c1-3-18(10-14(19)17-2)9-12-4-6-13(16)8-11(12)5-7-15(20)21/h4-8H,3,9-10H2,1-2H3,(H,17,19)(H,20,21). The molecule has 1 amide bonds. The number of aliphatic carboxylic acids is 1. The van der Waals surface area contributed by atoms with Crippen LogP contribution in [-0.4, -0.2) is 42.0 Å². The maximum Gasteiger partial charge on any atom is 0.328 e. The molecule has 0 spiro atoms. The third-order valence-electron chi connectivity index (χ3n) is 3.00. The molecular formula is C15H19FN2O3. The Labute approximate surface area is 123 Å². The van der Waals surface area contributed by atoms with Gasteiger partial charge < -0.3 is 10.4 Å². The van der Waals surface area contributed by atoms with Crippen LogP contribution in [0.25, 0.3) is 6.08 Å². The van der Waals surface area contributed by atoms with E-state index in [9.17, 15) is 14.0 Å². The zero-order chi connectivity index (χ0) is 15.8. The first-order valence-corrected chi connectivity index (χ1v) is 6.58. The summed E-state index contributed by atoms with van der Waals surface area (Å²) in [7, 11) is 1.56. The number of benzene rings is 1. The van der Waals surface area contributed by atoms with Gasteiger partial charge in [-0.25, -0.2) is 9.18 Å². The third kappa shape index (κ3) is 5.74. The molecule has 0 unspecified atom stereocenters. The summed E-state index contributed by atoms with van der Waals surface area (Å²) in [6.07, 6.45) is 2.32. The monoisotopic (exact) mass is 294 g/mol. The van der Waals surface area contributed by atoms with Crippen LogP contribution >= 0.6 is 0 Å². The van der Waals surface area contributed by atoms with Gasteiger partial charge in [0.25, 0.3) is 0 Å². The number of halogens is 1. The summed E-state index contributed by atoms with van der Waals surface area (Å²) in [5.74, 6) is -1.64. The normalized spacial score (nSPS) is 11.0. The van der Waals surface area contributed by atoms with Gasteiger partial charge in [-0.3, -0.25) is 9.69 Å². The molecule has 0 bridgehead atoms. The van der Waals surface area contributed by atoms with Crippen molar-refractivity contribution >= 4 is 18.0 Å². The minimum atomic E-state index is -1.09. The zero-order valence-electron chi connectivity index (χ0n) is 12.1. The van der Waals surface area contributed by atoms with Crippen LogP contribution in [0.5, 0.6) is 0 Å². The van der Waals surface area contributed by atoms with Crippen molar-refractivity contribution in [1.82, 2.24) is 10.2 Å². The second-order valence-corrected chi connectivity index (χ2v) is 4.49. The maximum atomic E-state index is 13.3. The van der Waals surface area contributed by atoms with Crippen molar-refractivity contribution < 1.29 is 19.1 Å². The summed E-state index contributed by atoms with van der Waals surface area (Å²) in [5.41, 5.74) is 1.26. The van der Waals surface area contributed by atoms with E-state index >= 15 is 0 Å². The number of carbonyl (C=O) groups excluding carboxylic acids is 1. The molecule has 2 N–H and O–H groups in total. The fourth-order valence-corrected chi connectivity index (χ4v) is 1.83. The number of carboxylic acid groups (broad SMARTS) is 1. The minimum Gasteiger partial charge on any atom is -0.478 e. The van der Waals surface area contributed by atoms with Gasteiger partial charge in [0.05, 0.1) is 6.54 Å². The molecule has 0 saturated heterocycles. The van der Waals surface area contributed by atoms with Gasteiger partial charge in [0.15, 0.2) is 0 Å². The molecule has 21 heavy (non-hydrogen) atoms. The van der Waals surface area contributed by atoms with Crippen molar-refractivity contribution in [1.29, 1.82) is 0 Å². The molecule has 114 valence electrons. The number of nitrogens with zero attached hydrogens (tertiary/aromatic N) is 1. The molecule has 1 aromatic carbocycles. The lowest BCUT2D eigenvalue weighted by Gasteiger charge is -2.20. The first kappa shape index (κ1) is 16.8. The highest BCUT2D eigenvalue weighted by Crippen LogP contribution is 2.15. The summed E-state index contributed by atoms with van der Waals surface area (Å²) < 4.78 is 13.3. The van der Waals surface area contributed by atoms with Crippen LogP contribution in [0.15, 0.2) is 24.3 Å². The number of likely N-dealkylation sites (N-methyl/N-ethyl adjacent to an activating group) is 2. The summed E-state index contributed by atoms with van der Waals surface area (Å²) >= 11 is 0. The molecule has 0 heterocycles. The number of nitrogens with one attached hydrogen (secondary N) is 1. The fourth-order valence-electron chi connectivity index (χ4n) is 1.83. The van der Waals surface area contributed by atoms with Crippen LogP contribution in [0.2, 0.25) is 0 Å². The van der Waals surface area contributed by atoms with E-state index in [2.05, 4.69) is 5.32 Å². The van der Waals surface area contributed by atoms with Crippen molar-refractivity contribution in [3.63, 3.8) is 0 Å². The molecule has 0 aliphatic heterocycles. The van der Waals surface area contributed by atoms with E-state index in [0.717, 1.165) is 11.6 Å². The zero-order valence-corrected chi connectivity index (χ0v) is 12.1. The quantitative estimate of drug-likeness (QED) is 0.748. The topological polar surface area (TPSA) is 69.6 Å². The van der Waals surface area contributed by atoms with Gasteiger partial charge in [0.2, 0.25) is 5.91 Å². The molecule has 0 aliphatic rings. The molecular weight excluding hydrogens is 275 g/mol. The highest BCUT2D eigenvalue weighted by atomic mass is 19.1. The van der Waals surface area contributed by atoms with E-state index in [1.165, 1.54) is 18.2 Å². The molecule has 0 aromatic heterocycles. The molecule has 0 atom stereocenters. The van der Waals surface area contributed by atoms with Crippen molar-refractivity contribution in [2.45, 2.75) is 13.5 Å². The minimum absolute atomic E-state index is 0.110. The van der Waals surface area contributed by atoms with E-state index in [1.807, 2.05) is 11.8 Å². The maximum absolute atomic E-state index is 13.3. The van der Waals surface area contributed by atoms with Gasteiger partial charge in [0.1, 0.15) is 5.82 Å². The van der Waals surface area contributed by atoms with Gasteiger partial charge in [-0.1, -0.05) is 13.0 Å². The van der Waals surface area contributed by atoms with Gasteiger partial charge in [-0.15, -0.1) is 0 Å². The average molecular weight is 294 g/mol. The summed E-state index contributed by atoms with van der Waals surface area (Å²) in [5, 5.41) is 11.2. The van der Waals surface area contributed by atoms with Gasteiger partial charge in [0, 0.05) is 19.7 Å². The Balaban J connectivity index is 2.95. The van der Waals surface area contributed by atoms with E-state index in [1.54, 1.807) is 13.1 Å². The summed E-state index contributed by atoms with van der Waals surface area (Å²) in [6, 6.07) is 4.20. The van der Waals surface area contributed by atoms with Crippen LogP contribution in [0.4, 0.5) is 4.39 Å². The fraction of sp³-hybridized carbons (Fsp3) is 0.333. The Morgan fingerprint density at radius 1 is 1.43 bits per heavy atom. The van der Waals surface area contributed by atoms with Crippen LogP contribution in [-0.2, 0) is 16.1 Å². The lowest BCUT2D eigenvalue weighted by molar-refractivity contribution is -0.131. The van der Waals surface area contributed by atoms with Crippen molar-refractivity contribution in [3.8, 4) is 0 Å². The highest BCUT2D eigenvalue weighted by molar-refractivity contribution is 5.85. The molecule has 5 nitrogen and oxygen atoms in total. The number of amides is 1. The molecule has 0 aliphatic carbocycles. The first-order chi connectivity index (χ1) is 9.96. The Kier molecular flexibility index (Phi) is 6.55. The highest BCUT2D eigenvalue weighted by Gasteiger charge is 2.11. The number of carboxylic acids is 1. The van der Waals surface area contributed by atoms with E-state index in [0.29, 0.717) is 18.7 Å². The van der Waals surface area contributed by atoms with Crippen molar-refractivity contribution in [3.05, 3.63) is 41.2 Å². The van der Waals surface area contributed by atoms with Crippen LogP contribution in [0.1, 0.15) is 18.1 Å². The first-order valence-electron chi connectivity index (χ1n) is 6.58. The van der Waals surface area contributed by atoms with Gasteiger partial charge in [-0.05, 0) is 35.9 Å². The van der Waals surface area contributed by atoms with Crippen LogP contribution in [0, 0.1) is 5.82 Å². The average Bonchev–Trinajstić information content (AvgIpc) is 2.46. The molecule has 1 aromatic rings. The predicted molar refractivity (Wildman–Crippen MR) is 78.1 cm³/mol. The Morgan fingerprint density at radius 3 is 2.71 bits per heavy atom. The lowest BCUT2D eigenvalue weighted by Crippen LogP contribution is -2.35. The molecule has 0 radical (unpaired) electrons. The Hall–Kier alpha value is -2.21. The largest absolute Gasteiger partial charge is 0.478 e. The van der Waals surface area contributed by atoms with Gasteiger partial charge >= 0.3 is 5.97 Å². The molecule has 0 fully saturated rings. The molecule has 6 heteroatoms. The summed E-state index contributed by atoms with van der Waals surface area (Å²) in [6.45, 7) is 3.22. The number of hydrogen-bond acceptors (Lipinski definition) is 3. The number of hydrogen-bond donors (Lipinski definition) is 2. The summed E-state index contributed by atoms with van der Waals surface area (Å²) in [4.78, 5) is 23.9. The third-order valence-corrected chi connectivity index (χ3v) is 3.00. The van der Waals surface area contributed by atoms with E-state index in [4.69, 9.17) is 5.11 Å². The van der Waals surface area contributed by atoms with Gasteiger partial charge in [-0.2, -0.15) is 0 Å². The van der Waals surface area contributed by atoms with Crippen molar-refractivity contribution in [2.75, 3.05) is 20.1 Å². The smallest absolute Gasteiger partial charge is 0.328 e. The molecule has 1 rings (SSSR count). The van der Waals surface area contributed by atoms with Crippen molar-refractivity contribution in [2.24, 2.45) is 0 Å². The Morgan fingerprint density at radius 2 is 2.14 bits per heavy atom. The van der Waals surface area contributed by atoms with Crippen LogP contribution in [0.3, 0.4) is 0 Å². The SMILES string of the molecule is CCN(CC(=O)NC)Cc1ccc(F)cc1C=CC(=O)O. The van der Waals surface area contributed by atoms with E-state index in [-0.39, 0.29) is 12.5 Å². The molecule has 0 saturated carbocycles. The van der Waals surface area contributed by atoms with Crippen LogP contribution < -0.4 is 5.32 Å². The number of carbonyl (C=O) groups is 2. The second-order valence-electron chi connectivity index (χ2n) is 4.49. The number of rotatable bonds is 7. The Bertz CT molecular complexity index is 544. The van der Waals surface area contributed by atoms with E-state index < -0.39 is 11.8 Å². The lowest BCUT2D eigenvalue weighted by atomic mass is 10.1. The second kappa shape index (κ2) is 8.16. The predicted octanol–water partition coefficient (Wildman–Crippen LogP) is 1.49.